The summed E-state index contributed by atoms with van der Waals surface area (Å²) < 4.78 is 37.6. The summed E-state index contributed by atoms with van der Waals surface area (Å²) in [5.41, 5.74) is 4.03. The first kappa shape index (κ1) is 25.3. The molecular weight excluding hydrogens is 452 g/mol. The van der Waals surface area contributed by atoms with Gasteiger partial charge in [0.2, 0.25) is 15.9 Å². The molecule has 180 valence electrons. The molecule has 1 N–H and O–H groups in total. The molecule has 3 rings (SSSR count). The molecule has 0 aliphatic carbocycles. The van der Waals surface area contributed by atoms with Crippen LogP contribution >= 0.6 is 0 Å². The van der Waals surface area contributed by atoms with Gasteiger partial charge in [0.25, 0.3) is 0 Å². The zero-order chi connectivity index (χ0) is 24.9. The van der Waals surface area contributed by atoms with Crippen LogP contribution in [0.15, 0.2) is 71.6 Å². The number of amides is 1. The van der Waals surface area contributed by atoms with Crippen LogP contribution in [0.1, 0.15) is 28.3 Å². The fourth-order valence-corrected chi connectivity index (χ4v) is 4.93. The molecule has 0 radical (unpaired) electrons. The van der Waals surface area contributed by atoms with Crippen molar-refractivity contribution in [2.24, 2.45) is 0 Å². The van der Waals surface area contributed by atoms with Gasteiger partial charge in [0, 0.05) is 13.1 Å². The molecule has 8 heteroatoms. The number of carbonyl (C=O) groups excluding carboxylic acids is 1. The van der Waals surface area contributed by atoms with E-state index in [1.807, 2.05) is 56.3 Å². The fourth-order valence-electron chi connectivity index (χ4n) is 3.79. The summed E-state index contributed by atoms with van der Waals surface area (Å²) in [6, 6.07) is 19.6. The van der Waals surface area contributed by atoms with Gasteiger partial charge >= 0.3 is 0 Å². The van der Waals surface area contributed by atoms with Gasteiger partial charge in [-0.25, -0.2) is 8.42 Å². The Kier molecular flexibility index (Phi) is 7.96. The van der Waals surface area contributed by atoms with E-state index in [-0.39, 0.29) is 11.4 Å². The predicted octanol–water partition coefficient (Wildman–Crippen LogP) is 3.85. The van der Waals surface area contributed by atoms with Gasteiger partial charge in [-0.1, -0.05) is 54.1 Å². The molecule has 0 bridgehead atoms. The third kappa shape index (κ3) is 5.58. The number of rotatable bonds is 9. The van der Waals surface area contributed by atoms with E-state index < -0.39 is 22.0 Å². The first-order valence-corrected chi connectivity index (χ1v) is 12.2. The fraction of sp³-hybridized carbons (Fsp3) is 0.269. The molecule has 3 aromatic carbocycles. The van der Waals surface area contributed by atoms with E-state index in [2.05, 4.69) is 11.4 Å². The van der Waals surface area contributed by atoms with E-state index in [0.29, 0.717) is 11.5 Å². The van der Waals surface area contributed by atoms with Gasteiger partial charge in [-0.05, 0) is 42.7 Å². The van der Waals surface area contributed by atoms with Crippen LogP contribution in [-0.4, -0.2) is 46.4 Å². The average molecular weight is 483 g/mol. The second-order valence-electron chi connectivity index (χ2n) is 8.05. The minimum atomic E-state index is -3.93. The first-order chi connectivity index (χ1) is 16.2. The Labute approximate surface area is 201 Å². The molecule has 0 aromatic heterocycles. The van der Waals surface area contributed by atoms with Crippen molar-refractivity contribution < 1.29 is 22.7 Å². The highest BCUT2D eigenvalue weighted by molar-refractivity contribution is 7.89. The summed E-state index contributed by atoms with van der Waals surface area (Å²) in [5.74, 6) is 0.293. The number of aryl methyl sites for hydroxylation is 2. The maximum atomic E-state index is 13.1. The van der Waals surface area contributed by atoms with Crippen molar-refractivity contribution in [2.75, 3.05) is 27.8 Å². The molecule has 1 atom stereocenters. The van der Waals surface area contributed by atoms with E-state index in [4.69, 9.17) is 9.47 Å². The van der Waals surface area contributed by atoms with E-state index in [9.17, 15) is 13.2 Å². The Morgan fingerprint density at radius 1 is 0.941 bits per heavy atom. The van der Waals surface area contributed by atoms with Gasteiger partial charge in [-0.15, -0.1) is 0 Å². The number of nitrogens with one attached hydrogen (secondary N) is 1. The number of benzene rings is 3. The maximum Gasteiger partial charge on any atom is 0.243 e. The lowest BCUT2D eigenvalue weighted by molar-refractivity contribution is -0.121. The molecule has 0 fully saturated rings. The normalized spacial score (nSPS) is 12.3. The van der Waals surface area contributed by atoms with Crippen molar-refractivity contribution in [3.63, 3.8) is 0 Å². The highest BCUT2D eigenvalue weighted by atomic mass is 32.2. The van der Waals surface area contributed by atoms with Gasteiger partial charge in [0.15, 0.2) is 11.5 Å². The number of hydrogen-bond acceptors (Lipinski definition) is 5. The summed E-state index contributed by atoms with van der Waals surface area (Å²) in [6.07, 6.45) is 0. The smallest absolute Gasteiger partial charge is 0.243 e. The van der Waals surface area contributed by atoms with Crippen LogP contribution < -0.4 is 14.8 Å². The number of sulfonamides is 1. The third-order valence-electron chi connectivity index (χ3n) is 5.60. The van der Waals surface area contributed by atoms with Crippen LogP contribution in [0.2, 0.25) is 0 Å². The molecule has 0 saturated carbocycles. The molecule has 0 spiro atoms. The topological polar surface area (TPSA) is 84.9 Å². The standard InChI is InChI=1S/C26H30N2O5S/c1-18-11-13-22(19(2)15-18)26(20-9-7-6-8-10-20)27-25(29)17-28(3)34(30,31)21-12-14-23(32-4)24(16-21)33-5/h6-16,26H,17H2,1-5H3,(H,27,29). The van der Waals surface area contributed by atoms with Gasteiger partial charge < -0.3 is 14.8 Å². The highest BCUT2D eigenvalue weighted by Crippen LogP contribution is 2.30. The molecule has 7 nitrogen and oxygen atoms in total. The molecule has 3 aromatic rings. The molecule has 0 aliphatic heterocycles. The molecule has 0 saturated heterocycles. The van der Waals surface area contributed by atoms with Crippen LogP contribution in [0.5, 0.6) is 11.5 Å². The SMILES string of the molecule is COc1ccc(S(=O)(=O)N(C)CC(=O)NC(c2ccccc2)c2ccc(C)cc2C)cc1OC. The molecule has 1 amide bonds. The van der Waals surface area contributed by atoms with Crippen LogP contribution in [0.25, 0.3) is 0 Å². The largest absolute Gasteiger partial charge is 0.493 e. The molecule has 0 heterocycles. The van der Waals surface area contributed by atoms with Crippen LogP contribution in [0.4, 0.5) is 0 Å². The number of likely N-dealkylation sites (N-methyl/N-ethyl adjacent to an activating group) is 1. The second-order valence-corrected chi connectivity index (χ2v) is 10.1. The Balaban J connectivity index is 1.84. The molecular formula is C26H30N2O5S. The Morgan fingerprint density at radius 2 is 1.62 bits per heavy atom. The number of nitrogens with zero attached hydrogens (tertiary/aromatic N) is 1. The van der Waals surface area contributed by atoms with E-state index in [1.54, 1.807) is 0 Å². The Morgan fingerprint density at radius 3 is 2.24 bits per heavy atom. The molecule has 0 aliphatic rings. The Hall–Kier alpha value is -3.36. The van der Waals surface area contributed by atoms with Crippen molar-refractivity contribution >= 4 is 15.9 Å². The van der Waals surface area contributed by atoms with Gasteiger partial charge in [-0.2, -0.15) is 4.31 Å². The second kappa shape index (κ2) is 10.7. The van der Waals surface area contributed by atoms with E-state index >= 15 is 0 Å². The van der Waals surface area contributed by atoms with Crippen LogP contribution in [0, 0.1) is 13.8 Å². The average Bonchev–Trinajstić information content (AvgIpc) is 2.82. The molecule has 1 unspecified atom stereocenters. The lowest BCUT2D eigenvalue weighted by atomic mass is 9.94. The van der Waals surface area contributed by atoms with E-state index in [0.717, 1.165) is 26.6 Å². The Bertz CT molecular complexity index is 1260. The summed E-state index contributed by atoms with van der Waals surface area (Å²) in [7, 11) is 0.348. The van der Waals surface area contributed by atoms with Crippen molar-refractivity contribution in [3.8, 4) is 11.5 Å². The third-order valence-corrected chi connectivity index (χ3v) is 7.40. The quantitative estimate of drug-likeness (QED) is 0.501. The lowest BCUT2D eigenvalue weighted by Gasteiger charge is -2.24. The number of ether oxygens (including phenoxy) is 2. The summed E-state index contributed by atoms with van der Waals surface area (Å²) in [5, 5.41) is 3.02. The summed E-state index contributed by atoms with van der Waals surface area (Å²) in [6.45, 7) is 3.67. The van der Waals surface area contributed by atoms with Crippen molar-refractivity contribution in [3.05, 3.63) is 89.0 Å². The minimum absolute atomic E-state index is 0.00874. The summed E-state index contributed by atoms with van der Waals surface area (Å²) >= 11 is 0. The first-order valence-electron chi connectivity index (χ1n) is 10.8. The van der Waals surface area contributed by atoms with Crippen LogP contribution in [-0.2, 0) is 14.8 Å². The zero-order valence-corrected chi connectivity index (χ0v) is 20.8. The minimum Gasteiger partial charge on any atom is -0.493 e. The van der Waals surface area contributed by atoms with Crippen molar-refractivity contribution in [1.82, 2.24) is 9.62 Å². The number of carbonyl (C=O) groups is 1. The van der Waals surface area contributed by atoms with Crippen molar-refractivity contribution in [1.29, 1.82) is 0 Å². The summed E-state index contributed by atoms with van der Waals surface area (Å²) in [4.78, 5) is 13.0. The van der Waals surface area contributed by atoms with Crippen molar-refractivity contribution in [2.45, 2.75) is 24.8 Å². The lowest BCUT2D eigenvalue weighted by Crippen LogP contribution is -2.40. The monoisotopic (exact) mass is 482 g/mol. The van der Waals surface area contributed by atoms with E-state index in [1.165, 1.54) is 39.5 Å². The molecule has 34 heavy (non-hydrogen) atoms. The van der Waals surface area contributed by atoms with Gasteiger partial charge in [-0.3, -0.25) is 4.79 Å². The van der Waals surface area contributed by atoms with Gasteiger partial charge in [0.1, 0.15) is 0 Å². The maximum absolute atomic E-state index is 13.1. The van der Waals surface area contributed by atoms with Crippen LogP contribution in [0.3, 0.4) is 0 Å². The van der Waals surface area contributed by atoms with Gasteiger partial charge in [0.05, 0.1) is 31.7 Å². The number of hydrogen-bond donors (Lipinski definition) is 1. The number of methoxy groups -OCH3 is 2. The zero-order valence-electron chi connectivity index (χ0n) is 20.0. The predicted molar refractivity (Wildman–Crippen MR) is 132 cm³/mol. The highest BCUT2D eigenvalue weighted by Gasteiger charge is 2.26.